The van der Waals surface area contributed by atoms with Crippen LogP contribution in [-0.4, -0.2) is 23.3 Å². The van der Waals surface area contributed by atoms with Crippen LogP contribution in [0.3, 0.4) is 0 Å². The van der Waals surface area contributed by atoms with Crippen molar-refractivity contribution in [2.24, 2.45) is 11.7 Å². The quantitative estimate of drug-likeness (QED) is 0.687. The van der Waals surface area contributed by atoms with Gasteiger partial charge in [0, 0.05) is 0 Å². The number of rotatable bonds is 3. The van der Waals surface area contributed by atoms with Crippen molar-refractivity contribution in [1.82, 2.24) is 0 Å². The molecule has 0 aliphatic rings. The zero-order valence-corrected chi connectivity index (χ0v) is 6.38. The van der Waals surface area contributed by atoms with E-state index in [9.17, 15) is 18.0 Å². The number of nitrogens with zero attached hydrogens (tertiary/aromatic N) is 1. The average Bonchev–Trinajstić information content (AvgIpc) is 1.96. The van der Waals surface area contributed by atoms with E-state index in [1.165, 1.54) is 0 Å². The van der Waals surface area contributed by atoms with Crippen molar-refractivity contribution in [3.05, 3.63) is 0 Å². The molecule has 0 aliphatic carbocycles. The van der Waals surface area contributed by atoms with Crippen LogP contribution in [0.2, 0.25) is 0 Å². The number of carbonyl (C=O) groups is 1. The Hall–Kier alpha value is -1.29. The number of carboxylic acid groups (broad SMARTS) is 1. The third-order valence-electron chi connectivity index (χ3n) is 1.36. The lowest BCUT2D eigenvalue weighted by atomic mass is 10.0. The summed E-state index contributed by atoms with van der Waals surface area (Å²) in [5.41, 5.74) is 4.84. The second-order valence-electron chi connectivity index (χ2n) is 2.40. The zero-order valence-electron chi connectivity index (χ0n) is 6.38. The van der Waals surface area contributed by atoms with Crippen LogP contribution < -0.4 is 5.73 Å². The first-order chi connectivity index (χ1) is 5.79. The largest absolute Gasteiger partial charge is 0.480 e. The number of nitrogens with two attached hydrogens (primary N) is 1. The number of halogens is 3. The number of hydrogen-bond acceptors (Lipinski definition) is 3. The van der Waals surface area contributed by atoms with Gasteiger partial charge in [0.15, 0.2) is 0 Å². The molecule has 0 rings (SSSR count). The van der Waals surface area contributed by atoms with Crippen LogP contribution >= 0.6 is 0 Å². The van der Waals surface area contributed by atoms with Crippen molar-refractivity contribution in [3.8, 4) is 6.07 Å². The lowest BCUT2D eigenvalue weighted by Crippen LogP contribution is -2.36. The monoisotopic (exact) mass is 196 g/mol. The van der Waals surface area contributed by atoms with Crippen LogP contribution in [-0.2, 0) is 4.79 Å². The molecule has 7 heteroatoms. The van der Waals surface area contributed by atoms with Gasteiger partial charge in [0.05, 0.1) is 6.07 Å². The van der Waals surface area contributed by atoms with Crippen molar-refractivity contribution >= 4 is 5.97 Å². The Labute approximate surface area is 71.7 Å². The smallest absolute Gasteiger partial charge is 0.404 e. The van der Waals surface area contributed by atoms with Gasteiger partial charge in [0.2, 0.25) is 0 Å². The van der Waals surface area contributed by atoms with Gasteiger partial charge in [-0.15, -0.1) is 0 Å². The fraction of sp³-hybridized carbons (Fsp3) is 0.667. The molecule has 0 aromatic rings. The van der Waals surface area contributed by atoms with Gasteiger partial charge in [-0.05, 0) is 6.42 Å². The van der Waals surface area contributed by atoms with Crippen LogP contribution in [0, 0.1) is 17.2 Å². The molecule has 0 radical (unpaired) electrons. The van der Waals surface area contributed by atoms with Gasteiger partial charge in [-0.25, -0.2) is 0 Å². The average molecular weight is 196 g/mol. The van der Waals surface area contributed by atoms with Gasteiger partial charge in [0.1, 0.15) is 12.0 Å². The molecule has 0 aliphatic heterocycles. The Bertz CT molecular complexity index is 233. The SMILES string of the molecule is N#CC(CC(N)C(=O)O)C(F)(F)F. The lowest BCUT2D eigenvalue weighted by molar-refractivity contribution is -0.163. The van der Waals surface area contributed by atoms with Gasteiger partial charge in [-0.2, -0.15) is 18.4 Å². The summed E-state index contributed by atoms with van der Waals surface area (Å²) in [7, 11) is 0. The van der Waals surface area contributed by atoms with Crippen LogP contribution in [0.5, 0.6) is 0 Å². The molecular weight excluding hydrogens is 189 g/mol. The molecule has 0 spiro atoms. The lowest BCUT2D eigenvalue weighted by Gasteiger charge is -2.14. The third-order valence-corrected chi connectivity index (χ3v) is 1.36. The van der Waals surface area contributed by atoms with E-state index < -0.39 is 30.5 Å². The first-order valence-electron chi connectivity index (χ1n) is 3.23. The van der Waals surface area contributed by atoms with Crippen molar-refractivity contribution in [1.29, 1.82) is 5.26 Å². The molecule has 0 aromatic heterocycles. The topological polar surface area (TPSA) is 87.1 Å². The summed E-state index contributed by atoms with van der Waals surface area (Å²) in [4.78, 5) is 10.1. The number of carboxylic acids is 1. The van der Waals surface area contributed by atoms with Gasteiger partial charge >= 0.3 is 12.1 Å². The van der Waals surface area contributed by atoms with Crippen LogP contribution in [0.25, 0.3) is 0 Å². The van der Waals surface area contributed by atoms with Crippen molar-refractivity contribution in [2.45, 2.75) is 18.6 Å². The maximum Gasteiger partial charge on any atom is 0.404 e. The van der Waals surface area contributed by atoms with Gasteiger partial charge in [0.25, 0.3) is 0 Å². The second-order valence-corrected chi connectivity index (χ2v) is 2.40. The predicted octanol–water partition coefficient (Wildman–Crippen LogP) is 0.490. The maximum absolute atomic E-state index is 11.9. The number of nitriles is 1. The van der Waals surface area contributed by atoms with E-state index in [-0.39, 0.29) is 0 Å². The Morgan fingerprint density at radius 1 is 1.62 bits per heavy atom. The van der Waals surface area contributed by atoms with Gasteiger partial charge < -0.3 is 10.8 Å². The summed E-state index contributed by atoms with van der Waals surface area (Å²) in [5, 5.41) is 16.3. The number of alkyl halides is 3. The molecule has 4 nitrogen and oxygen atoms in total. The third kappa shape index (κ3) is 3.75. The summed E-state index contributed by atoms with van der Waals surface area (Å²) < 4.78 is 35.6. The summed E-state index contributed by atoms with van der Waals surface area (Å²) in [5.74, 6) is -3.87. The highest BCUT2D eigenvalue weighted by Gasteiger charge is 2.41. The first-order valence-corrected chi connectivity index (χ1v) is 3.23. The molecule has 2 unspecified atom stereocenters. The summed E-state index contributed by atoms with van der Waals surface area (Å²) in [6.45, 7) is 0. The van der Waals surface area contributed by atoms with Crippen LogP contribution in [0.4, 0.5) is 13.2 Å². The summed E-state index contributed by atoms with van der Waals surface area (Å²) >= 11 is 0. The Morgan fingerprint density at radius 3 is 2.31 bits per heavy atom. The van der Waals surface area contributed by atoms with E-state index in [2.05, 4.69) is 0 Å². The molecule has 13 heavy (non-hydrogen) atoms. The highest BCUT2D eigenvalue weighted by atomic mass is 19.4. The zero-order chi connectivity index (χ0) is 10.6. The van der Waals surface area contributed by atoms with E-state index >= 15 is 0 Å². The highest BCUT2D eigenvalue weighted by molar-refractivity contribution is 5.73. The summed E-state index contributed by atoms with van der Waals surface area (Å²) in [6.07, 6.45) is -5.64. The predicted molar refractivity (Wildman–Crippen MR) is 35.4 cm³/mol. The second kappa shape index (κ2) is 4.09. The van der Waals surface area contributed by atoms with Gasteiger partial charge in [-0.1, -0.05) is 0 Å². The molecule has 0 amide bonds. The molecule has 3 N–H and O–H groups in total. The molecule has 0 fully saturated rings. The molecule has 0 heterocycles. The molecule has 0 aromatic carbocycles. The first kappa shape index (κ1) is 11.7. The van der Waals surface area contributed by atoms with Crippen molar-refractivity contribution < 1.29 is 23.1 Å². The molecule has 0 saturated heterocycles. The minimum absolute atomic E-state index is 0.921. The number of aliphatic carboxylic acids is 1. The van der Waals surface area contributed by atoms with E-state index in [0.717, 1.165) is 6.07 Å². The number of hydrogen-bond donors (Lipinski definition) is 2. The minimum Gasteiger partial charge on any atom is -0.480 e. The van der Waals surface area contributed by atoms with Gasteiger partial charge in [-0.3, -0.25) is 4.79 Å². The highest BCUT2D eigenvalue weighted by Crippen LogP contribution is 2.28. The van der Waals surface area contributed by atoms with E-state index in [1.54, 1.807) is 0 Å². The standard InChI is InChI=1S/C6H7F3N2O2/c7-6(8,9)3(2-10)1-4(11)5(12)13/h3-4H,1,11H2,(H,12,13). The molecule has 2 atom stereocenters. The van der Waals surface area contributed by atoms with Crippen LogP contribution in [0.1, 0.15) is 6.42 Å². The van der Waals surface area contributed by atoms with Crippen molar-refractivity contribution in [2.75, 3.05) is 0 Å². The van der Waals surface area contributed by atoms with Crippen LogP contribution in [0.15, 0.2) is 0 Å². The van der Waals surface area contributed by atoms with E-state index in [1.807, 2.05) is 0 Å². The molecule has 74 valence electrons. The fourth-order valence-electron chi connectivity index (χ4n) is 0.614. The normalized spacial score (nSPS) is 15.9. The molecule has 0 saturated carbocycles. The van der Waals surface area contributed by atoms with E-state index in [0.29, 0.717) is 0 Å². The van der Waals surface area contributed by atoms with E-state index in [4.69, 9.17) is 16.1 Å². The minimum atomic E-state index is -4.72. The fourth-order valence-corrected chi connectivity index (χ4v) is 0.614. The molecule has 0 bridgehead atoms. The Morgan fingerprint density at radius 2 is 2.08 bits per heavy atom. The Balaban J connectivity index is 4.33. The summed E-state index contributed by atoms with van der Waals surface area (Å²) in [6, 6.07) is -0.701. The van der Waals surface area contributed by atoms with Crippen molar-refractivity contribution in [3.63, 3.8) is 0 Å². The maximum atomic E-state index is 11.9. The Kier molecular flexibility index (Phi) is 3.69. The molecular formula is C6H7F3N2O2.